The van der Waals surface area contributed by atoms with E-state index in [1.165, 1.54) is 20.0 Å². The van der Waals surface area contributed by atoms with Crippen molar-refractivity contribution in [1.82, 2.24) is 15.5 Å². The van der Waals surface area contributed by atoms with E-state index in [2.05, 4.69) is 20.3 Å². The number of hydrogen-bond acceptors (Lipinski definition) is 5. The van der Waals surface area contributed by atoms with Crippen LogP contribution in [0, 0.1) is 0 Å². The van der Waals surface area contributed by atoms with Gasteiger partial charge in [-0.2, -0.15) is 0 Å². The predicted molar refractivity (Wildman–Crippen MR) is 84.6 cm³/mol. The molecule has 130 valence electrons. The molecular formula is C16H27N3O4. The molecule has 0 unspecified atom stereocenters. The summed E-state index contributed by atoms with van der Waals surface area (Å²) in [7, 11) is 1.35. The number of ether oxygens (including phenoxy) is 1. The number of amides is 2. The molecule has 0 aromatic heterocycles. The zero-order valence-electron chi connectivity index (χ0n) is 13.8. The standard InChI is InChI=1S/C16H27N3O4/c1-23-15(21)7-4-8-17-14(20)11-13-16(22)18-9-10-19(13)12-5-2-3-6-12/h12-13H,2-11H2,1H3,(H,17,20)(H,18,22)/t13-/m0/s1. The van der Waals surface area contributed by atoms with Gasteiger partial charge in [-0.3, -0.25) is 19.3 Å². The van der Waals surface area contributed by atoms with Gasteiger partial charge in [-0.1, -0.05) is 12.8 Å². The van der Waals surface area contributed by atoms with Crippen molar-refractivity contribution in [1.29, 1.82) is 0 Å². The minimum Gasteiger partial charge on any atom is -0.469 e. The van der Waals surface area contributed by atoms with Crippen LogP contribution in [0.5, 0.6) is 0 Å². The predicted octanol–water partition coefficient (Wildman–Crippen LogP) is 0.189. The molecule has 2 aliphatic rings. The highest BCUT2D eigenvalue weighted by atomic mass is 16.5. The van der Waals surface area contributed by atoms with Gasteiger partial charge in [-0.15, -0.1) is 0 Å². The molecular weight excluding hydrogens is 298 g/mol. The van der Waals surface area contributed by atoms with Crippen LogP contribution in [0.3, 0.4) is 0 Å². The molecule has 0 aromatic rings. The fourth-order valence-electron chi connectivity index (χ4n) is 3.43. The fourth-order valence-corrected chi connectivity index (χ4v) is 3.43. The number of esters is 1. The van der Waals surface area contributed by atoms with E-state index in [-0.39, 0.29) is 36.7 Å². The number of rotatable bonds is 7. The van der Waals surface area contributed by atoms with Crippen LogP contribution in [-0.2, 0) is 19.1 Å². The summed E-state index contributed by atoms with van der Waals surface area (Å²) in [6, 6.07) is 0.0608. The number of hydrogen-bond donors (Lipinski definition) is 2. The van der Waals surface area contributed by atoms with Gasteiger partial charge in [0.25, 0.3) is 0 Å². The molecule has 2 N–H and O–H groups in total. The molecule has 1 heterocycles. The number of nitrogens with zero attached hydrogens (tertiary/aromatic N) is 1. The molecule has 1 saturated heterocycles. The second kappa shape index (κ2) is 8.86. The summed E-state index contributed by atoms with van der Waals surface area (Å²) in [5, 5.41) is 5.65. The van der Waals surface area contributed by atoms with Crippen LogP contribution in [0.15, 0.2) is 0 Å². The molecule has 0 radical (unpaired) electrons. The summed E-state index contributed by atoms with van der Waals surface area (Å²) >= 11 is 0. The van der Waals surface area contributed by atoms with Gasteiger partial charge in [-0.05, 0) is 19.3 Å². The van der Waals surface area contributed by atoms with E-state index in [4.69, 9.17) is 0 Å². The maximum atomic E-state index is 12.2. The van der Waals surface area contributed by atoms with Crippen molar-refractivity contribution < 1.29 is 19.1 Å². The van der Waals surface area contributed by atoms with Crippen LogP contribution in [0.1, 0.15) is 44.9 Å². The molecule has 2 fully saturated rings. The number of nitrogens with one attached hydrogen (secondary N) is 2. The van der Waals surface area contributed by atoms with Crippen molar-refractivity contribution in [2.75, 3.05) is 26.7 Å². The third-order valence-corrected chi connectivity index (χ3v) is 4.65. The van der Waals surface area contributed by atoms with Crippen LogP contribution in [-0.4, -0.2) is 61.5 Å². The van der Waals surface area contributed by atoms with E-state index in [0.29, 0.717) is 25.6 Å². The van der Waals surface area contributed by atoms with Crippen LogP contribution in [0.25, 0.3) is 0 Å². The average Bonchev–Trinajstić information content (AvgIpc) is 3.07. The Hall–Kier alpha value is -1.63. The van der Waals surface area contributed by atoms with Gasteiger partial charge < -0.3 is 15.4 Å². The third kappa shape index (κ3) is 5.20. The zero-order chi connectivity index (χ0) is 16.7. The molecule has 1 aliphatic heterocycles. The Morgan fingerprint density at radius 2 is 2.09 bits per heavy atom. The van der Waals surface area contributed by atoms with E-state index in [9.17, 15) is 14.4 Å². The summed E-state index contributed by atoms with van der Waals surface area (Å²) in [4.78, 5) is 37.5. The third-order valence-electron chi connectivity index (χ3n) is 4.65. The number of carbonyl (C=O) groups excluding carboxylic acids is 3. The highest BCUT2D eigenvalue weighted by Gasteiger charge is 2.36. The van der Waals surface area contributed by atoms with E-state index < -0.39 is 0 Å². The molecule has 0 aromatic carbocycles. The molecule has 7 heteroatoms. The van der Waals surface area contributed by atoms with Crippen molar-refractivity contribution in [3.05, 3.63) is 0 Å². The van der Waals surface area contributed by atoms with E-state index in [1.807, 2.05) is 0 Å². The summed E-state index contributed by atoms with van der Waals surface area (Å²) in [5.74, 6) is -0.467. The van der Waals surface area contributed by atoms with Gasteiger partial charge in [-0.25, -0.2) is 0 Å². The first kappa shape index (κ1) is 17.7. The topological polar surface area (TPSA) is 87.7 Å². The number of carbonyl (C=O) groups is 3. The quantitative estimate of drug-likeness (QED) is 0.515. The fraction of sp³-hybridized carbons (Fsp3) is 0.812. The van der Waals surface area contributed by atoms with Gasteiger partial charge >= 0.3 is 5.97 Å². The minimum absolute atomic E-state index is 0.0483. The maximum Gasteiger partial charge on any atom is 0.305 e. The maximum absolute atomic E-state index is 12.2. The van der Waals surface area contributed by atoms with Crippen molar-refractivity contribution in [3.8, 4) is 0 Å². The Bertz CT molecular complexity index is 435. The van der Waals surface area contributed by atoms with Crippen molar-refractivity contribution in [2.45, 2.75) is 57.0 Å². The van der Waals surface area contributed by atoms with Crippen LogP contribution in [0.4, 0.5) is 0 Å². The lowest BCUT2D eigenvalue weighted by Crippen LogP contribution is -2.59. The molecule has 1 aliphatic carbocycles. The lowest BCUT2D eigenvalue weighted by molar-refractivity contribution is -0.140. The van der Waals surface area contributed by atoms with Crippen molar-refractivity contribution in [3.63, 3.8) is 0 Å². The minimum atomic E-state index is -0.368. The van der Waals surface area contributed by atoms with E-state index in [0.717, 1.165) is 19.4 Å². The summed E-state index contributed by atoms with van der Waals surface area (Å²) in [6.45, 7) is 1.90. The molecule has 23 heavy (non-hydrogen) atoms. The Balaban J connectivity index is 1.79. The van der Waals surface area contributed by atoms with Gasteiger partial charge in [0.2, 0.25) is 11.8 Å². The zero-order valence-corrected chi connectivity index (χ0v) is 13.8. The molecule has 2 rings (SSSR count). The SMILES string of the molecule is COC(=O)CCCNC(=O)C[C@H]1C(=O)NCCN1C1CCCC1. The Morgan fingerprint density at radius 3 is 2.78 bits per heavy atom. The summed E-state index contributed by atoms with van der Waals surface area (Å²) < 4.78 is 4.55. The lowest BCUT2D eigenvalue weighted by Gasteiger charge is -2.38. The lowest BCUT2D eigenvalue weighted by atomic mass is 10.0. The van der Waals surface area contributed by atoms with Gasteiger partial charge in [0, 0.05) is 32.1 Å². The van der Waals surface area contributed by atoms with E-state index in [1.54, 1.807) is 0 Å². The average molecular weight is 325 g/mol. The molecule has 0 spiro atoms. The van der Waals surface area contributed by atoms with Crippen LogP contribution >= 0.6 is 0 Å². The molecule has 7 nitrogen and oxygen atoms in total. The molecule has 1 saturated carbocycles. The monoisotopic (exact) mass is 325 g/mol. The van der Waals surface area contributed by atoms with Crippen molar-refractivity contribution >= 4 is 17.8 Å². The van der Waals surface area contributed by atoms with Gasteiger partial charge in [0.15, 0.2) is 0 Å². The highest BCUT2D eigenvalue weighted by Crippen LogP contribution is 2.26. The normalized spacial score (nSPS) is 22.7. The first-order valence-corrected chi connectivity index (χ1v) is 8.49. The van der Waals surface area contributed by atoms with Gasteiger partial charge in [0.05, 0.1) is 19.6 Å². The Labute approximate surface area is 137 Å². The van der Waals surface area contributed by atoms with Crippen LogP contribution < -0.4 is 10.6 Å². The molecule has 1 atom stereocenters. The smallest absolute Gasteiger partial charge is 0.305 e. The first-order valence-electron chi connectivity index (χ1n) is 8.49. The van der Waals surface area contributed by atoms with Gasteiger partial charge in [0.1, 0.15) is 0 Å². The first-order chi connectivity index (χ1) is 11.1. The number of methoxy groups -OCH3 is 1. The highest BCUT2D eigenvalue weighted by molar-refractivity contribution is 5.88. The number of piperazine rings is 1. The second-order valence-corrected chi connectivity index (χ2v) is 6.22. The Kier molecular flexibility index (Phi) is 6.83. The van der Waals surface area contributed by atoms with Crippen molar-refractivity contribution in [2.24, 2.45) is 0 Å². The molecule has 0 bridgehead atoms. The largest absolute Gasteiger partial charge is 0.469 e. The summed E-state index contributed by atoms with van der Waals surface area (Å²) in [6.07, 6.45) is 5.65. The summed E-state index contributed by atoms with van der Waals surface area (Å²) in [5.41, 5.74) is 0. The second-order valence-electron chi connectivity index (χ2n) is 6.22. The Morgan fingerprint density at radius 1 is 1.35 bits per heavy atom. The molecule has 2 amide bonds. The van der Waals surface area contributed by atoms with E-state index >= 15 is 0 Å². The van der Waals surface area contributed by atoms with Crippen LogP contribution in [0.2, 0.25) is 0 Å².